The molecular weight excluding hydrogens is 429 g/mol. The van der Waals surface area contributed by atoms with Crippen LogP contribution >= 0.6 is 11.6 Å². The Labute approximate surface area is 180 Å². The molecule has 3 heterocycles. The Kier molecular flexibility index (Phi) is 5.08. The number of hydrogen-bond donors (Lipinski definition) is 1. The average molecular weight is 448 g/mol. The molecule has 0 spiro atoms. The van der Waals surface area contributed by atoms with E-state index in [1.165, 1.54) is 18.5 Å². The van der Waals surface area contributed by atoms with Gasteiger partial charge in [0.1, 0.15) is 17.1 Å². The predicted molar refractivity (Wildman–Crippen MR) is 114 cm³/mol. The van der Waals surface area contributed by atoms with E-state index < -0.39 is 27.3 Å². The van der Waals surface area contributed by atoms with Gasteiger partial charge in [0.15, 0.2) is 27.9 Å². The van der Waals surface area contributed by atoms with E-state index in [0.717, 1.165) is 0 Å². The number of amidine groups is 1. The van der Waals surface area contributed by atoms with Gasteiger partial charge in [-0.1, -0.05) is 16.8 Å². The van der Waals surface area contributed by atoms with Crippen molar-refractivity contribution in [3.8, 4) is 22.8 Å². The van der Waals surface area contributed by atoms with Gasteiger partial charge >= 0.3 is 0 Å². The Balaban J connectivity index is 1.73. The average Bonchev–Trinajstić information content (AvgIpc) is 3.17. The summed E-state index contributed by atoms with van der Waals surface area (Å²) in [5, 5.41) is 4.39. The Morgan fingerprint density at radius 2 is 1.90 bits per heavy atom. The molecule has 0 saturated heterocycles. The highest BCUT2D eigenvalue weighted by molar-refractivity contribution is 7.93. The van der Waals surface area contributed by atoms with E-state index in [1.54, 1.807) is 39.0 Å². The maximum atomic E-state index is 14.8. The summed E-state index contributed by atoms with van der Waals surface area (Å²) in [6, 6.07) is 6.17. The van der Waals surface area contributed by atoms with Crippen LogP contribution in [0.15, 0.2) is 46.2 Å². The normalized spacial score (nSPS) is 23.3. The monoisotopic (exact) mass is 447 g/mol. The molecule has 0 bridgehead atoms. The zero-order valence-electron chi connectivity index (χ0n) is 16.5. The first-order valence-electron chi connectivity index (χ1n) is 9.09. The van der Waals surface area contributed by atoms with Gasteiger partial charge in [0, 0.05) is 29.6 Å². The largest absolute Gasteiger partial charge is 0.616 e. The van der Waals surface area contributed by atoms with Crippen LogP contribution in [0.4, 0.5) is 4.39 Å². The number of nitrogens with two attached hydrogens (primary N) is 1. The second-order valence-corrected chi connectivity index (χ2v) is 10.2. The second kappa shape index (κ2) is 7.33. The van der Waals surface area contributed by atoms with Crippen LogP contribution in [-0.2, 0) is 16.7 Å². The molecule has 0 saturated carbocycles. The highest BCUT2D eigenvalue weighted by atomic mass is 35.5. The van der Waals surface area contributed by atoms with Crippen molar-refractivity contribution in [3.05, 3.63) is 53.1 Å². The Morgan fingerprint density at radius 3 is 2.57 bits per heavy atom. The van der Waals surface area contributed by atoms with Crippen molar-refractivity contribution in [1.29, 1.82) is 0 Å². The number of rotatable bonds is 3. The maximum absolute atomic E-state index is 14.8. The van der Waals surface area contributed by atoms with E-state index in [0.29, 0.717) is 27.9 Å². The molecule has 1 aromatic carbocycles. The van der Waals surface area contributed by atoms with Gasteiger partial charge in [-0.25, -0.2) is 14.4 Å². The van der Waals surface area contributed by atoms with Crippen molar-refractivity contribution in [2.75, 3.05) is 5.75 Å². The van der Waals surface area contributed by atoms with Crippen LogP contribution in [0.1, 0.15) is 26.3 Å². The summed E-state index contributed by atoms with van der Waals surface area (Å²) in [4.78, 5) is 12.7. The Bertz CT molecular complexity index is 1130. The first-order valence-corrected chi connectivity index (χ1v) is 10.8. The van der Waals surface area contributed by atoms with Crippen LogP contribution in [0.2, 0.25) is 5.02 Å². The second-order valence-electron chi connectivity index (χ2n) is 7.77. The lowest BCUT2D eigenvalue weighted by Gasteiger charge is -2.39. The summed E-state index contributed by atoms with van der Waals surface area (Å²) < 4.78 is 32.2. The minimum atomic E-state index is -1.32. The van der Waals surface area contributed by atoms with Crippen LogP contribution < -0.4 is 5.73 Å². The molecule has 0 aliphatic carbocycles. The third kappa shape index (κ3) is 3.57. The van der Waals surface area contributed by atoms with E-state index in [4.69, 9.17) is 21.9 Å². The predicted octanol–water partition coefficient (Wildman–Crippen LogP) is 3.70. The third-order valence-electron chi connectivity index (χ3n) is 5.16. The van der Waals surface area contributed by atoms with E-state index in [-0.39, 0.29) is 17.2 Å². The summed E-state index contributed by atoms with van der Waals surface area (Å²) >= 11 is 4.49. The molecule has 7 nitrogen and oxygen atoms in total. The Hall–Kier alpha value is -2.49. The van der Waals surface area contributed by atoms with Crippen molar-refractivity contribution in [2.24, 2.45) is 10.7 Å². The molecule has 0 amide bonds. The number of aliphatic imine (C=N–C) groups is 1. The summed E-state index contributed by atoms with van der Waals surface area (Å²) in [6.45, 7) is 5.26. The van der Waals surface area contributed by atoms with E-state index >= 15 is 0 Å². The van der Waals surface area contributed by atoms with Gasteiger partial charge in [0.05, 0.1) is 5.02 Å². The lowest BCUT2D eigenvalue weighted by Crippen LogP contribution is -2.55. The Morgan fingerprint density at radius 1 is 1.20 bits per heavy atom. The summed E-state index contributed by atoms with van der Waals surface area (Å²) in [5.41, 5.74) is 6.30. The lowest BCUT2D eigenvalue weighted by molar-refractivity contribution is 0.433. The summed E-state index contributed by atoms with van der Waals surface area (Å²) in [7, 11) is 0. The van der Waals surface area contributed by atoms with Crippen LogP contribution in [0.25, 0.3) is 22.8 Å². The fraction of sp³-hybridized carbons (Fsp3) is 0.300. The molecule has 2 N–H and O–H groups in total. The smallest absolute Gasteiger partial charge is 0.181 e. The molecule has 1 aliphatic heterocycles. The molecule has 156 valence electrons. The number of aromatic nitrogens is 3. The fourth-order valence-corrected chi connectivity index (χ4v) is 4.64. The van der Waals surface area contributed by atoms with Gasteiger partial charge in [0.25, 0.3) is 0 Å². The van der Waals surface area contributed by atoms with Crippen LogP contribution in [0, 0.1) is 5.82 Å². The van der Waals surface area contributed by atoms with Gasteiger partial charge in [-0.2, -0.15) is 0 Å². The van der Waals surface area contributed by atoms with Gasteiger partial charge in [0.2, 0.25) is 0 Å². The topological polar surface area (TPSA) is 113 Å². The molecule has 2 atom stereocenters. The van der Waals surface area contributed by atoms with Crippen molar-refractivity contribution in [2.45, 2.75) is 31.1 Å². The van der Waals surface area contributed by atoms with Gasteiger partial charge in [-0.3, -0.25) is 4.99 Å². The molecule has 4 rings (SSSR count). The molecular formula is C20H19ClFN5O2S. The van der Waals surface area contributed by atoms with Crippen molar-refractivity contribution in [1.82, 2.24) is 15.1 Å². The first kappa shape index (κ1) is 20.8. The zero-order valence-corrected chi connectivity index (χ0v) is 18.1. The minimum Gasteiger partial charge on any atom is -0.616 e. The molecule has 0 unspecified atom stereocenters. The number of benzene rings is 1. The summed E-state index contributed by atoms with van der Waals surface area (Å²) in [6.07, 6.45) is 2.92. The first-order chi connectivity index (χ1) is 14.1. The standard InChI is InChI=1S/C20H19ClFN5O2S/c1-19(2)18(23)26-20(3,10-30(19)28)13-6-11(4-5-14(13)22)16-7-15(27-29-16)17-24-8-12(21)9-25-17/h4-9H,10H2,1-3H3,(H2,23,26)/t20-,30-/m0/s1. The maximum Gasteiger partial charge on any atom is 0.181 e. The molecule has 30 heavy (non-hydrogen) atoms. The zero-order chi connectivity index (χ0) is 21.7. The minimum absolute atomic E-state index is 0.154. The van der Waals surface area contributed by atoms with Crippen molar-refractivity contribution < 1.29 is 13.5 Å². The molecule has 2 aromatic heterocycles. The molecule has 3 aromatic rings. The SMILES string of the molecule is CC1(C)C(N)=N[C@](C)(c2cc(-c3cc(-c4ncc(Cl)cn4)no3)ccc2F)C[S@+]1[O-]. The molecule has 0 radical (unpaired) electrons. The lowest BCUT2D eigenvalue weighted by atomic mass is 9.91. The summed E-state index contributed by atoms with van der Waals surface area (Å²) in [5.74, 6) is 0.687. The van der Waals surface area contributed by atoms with Crippen molar-refractivity contribution >= 4 is 28.6 Å². The van der Waals surface area contributed by atoms with Gasteiger partial charge in [-0.15, -0.1) is 0 Å². The van der Waals surface area contributed by atoms with E-state index in [2.05, 4.69) is 20.1 Å². The fourth-order valence-electron chi connectivity index (χ4n) is 3.18. The number of nitrogens with zero attached hydrogens (tertiary/aromatic N) is 4. The van der Waals surface area contributed by atoms with Gasteiger partial charge < -0.3 is 14.8 Å². The molecule has 1 aliphatic rings. The van der Waals surface area contributed by atoms with Crippen LogP contribution in [-0.4, -0.2) is 36.0 Å². The van der Waals surface area contributed by atoms with E-state index in [9.17, 15) is 8.94 Å². The quantitative estimate of drug-likeness (QED) is 0.612. The third-order valence-corrected chi connectivity index (χ3v) is 7.52. The van der Waals surface area contributed by atoms with Crippen LogP contribution in [0.3, 0.4) is 0 Å². The van der Waals surface area contributed by atoms with Crippen molar-refractivity contribution in [3.63, 3.8) is 0 Å². The van der Waals surface area contributed by atoms with E-state index in [1.807, 2.05) is 0 Å². The van der Waals surface area contributed by atoms with Gasteiger partial charge in [-0.05, 0) is 50.1 Å². The number of hydrogen-bond acceptors (Lipinski definition) is 7. The number of halogens is 2. The molecule has 10 heteroatoms. The van der Waals surface area contributed by atoms with Crippen LogP contribution in [0.5, 0.6) is 0 Å². The molecule has 0 fully saturated rings. The highest BCUT2D eigenvalue weighted by Gasteiger charge is 2.48. The highest BCUT2D eigenvalue weighted by Crippen LogP contribution is 2.39.